The molecule has 0 aromatic heterocycles. The summed E-state index contributed by atoms with van der Waals surface area (Å²) in [4.78, 5) is 42.3. The van der Waals surface area contributed by atoms with E-state index in [1.165, 1.54) is 0 Å². The minimum atomic E-state index is -0.705. The molecule has 1 unspecified atom stereocenters. The second-order valence-electron chi connectivity index (χ2n) is 6.98. The number of hydrogen-bond donors (Lipinski definition) is 1. The summed E-state index contributed by atoms with van der Waals surface area (Å²) in [6, 6.07) is -0.181. The second-order valence-corrected chi connectivity index (χ2v) is 6.98. The molecule has 4 amide bonds. The highest BCUT2D eigenvalue weighted by Crippen LogP contribution is 2.39. The van der Waals surface area contributed by atoms with E-state index in [1.54, 1.807) is 23.9 Å². The highest BCUT2D eigenvalue weighted by molar-refractivity contribution is 6.08. The van der Waals surface area contributed by atoms with E-state index in [9.17, 15) is 14.4 Å². The van der Waals surface area contributed by atoms with Crippen molar-refractivity contribution in [3.8, 4) is 0 Å². The van der Waals surface area contributed by atoms with Crippen molar-refractivity contribution in [3.05, 3.63) is 0 Å². The van der Waals surface area contributed by atoms with Crippen LogP contribution in [-0.2, 0) is 9.59 Å². The van der Waals surface area contributed by atoms with Crippen molar-refractivity contribution < 1.29 is 14.4 Å². The van der Waals surface area contributed by atoms with Gasteiger partial charge in [-0.05, 0) is 25.8 Å². The van der Waals surface area contributed by atoms with Crippen LogP contribution in [0.2, 0.25) is 0 Å². The first-order chi connectivity index (χ1) is 11.0. The molecule has 0 radical (unpaired) electrons. The molecule has 1 saturated carbocycles. The van der Waals surface area contributed by atoms with Crippen LogP contribution < -0.4 is 5.32 Å². The number of imide groups is 1. The molecule has 136 valence electrons. The predicted molar refractivity (Wildman–Crippen MR) is 92.0 cm³/mol. The maximum atomic E-state index is 12.9. The first-order valence-electron chi connectivity index (χ1n) is 8.53. The zero-order chi connectivity index (χ0) is 16.6. The number of nitrogens with one attached hydrogen (secondary N) is 1. The van der Waals surface area contributed by atoms with Gasteiger partial charge in [0, 0.05) is 26.7 Å². The summed E-state index contributed by atoms with van der Waals surface area (Å²) in [5.74, 6) is -0.349. The van der Waals surface area contributed by atoms with Gasteiger partial charge in [-0.2, -0.15) is 0 Å². The standard InChI is InChI=1S/C16H26N4O3.ClH/c1-18(12-6-9-17-10-12)13(21)11-20-14(22)16(19(2)15(20)23)7-4-3-5-8-16;/h12,17H,3-11H2,1-2H3;1H. The molecule has 3 fully saturated rings. The molecule has 1 atom stereocenters. The van der Waals surface area contributed by atoms with Crippen LogP contribution in [0, 0.1) is 0 Å². The largest absolute Gasteiger partial charge is 0.340 e. The fraction of sp³-hybridized carbons (Fsp3) is 0.812. The minimum Gasteiger partial charge on any atom is -0.340 e. The maximum Gasteiger partial charge on any atom is 0.327 e. The second kappa shape index (κ2) is 7.27. The summed E-state index contributed by atoms with van der Waals surface area (Å²) in [5, 5.41) is 3.22. The van der Waals surface area contributed by atoms with E-state index in [0.717, 1.165) is 43.7 Å². The van der Waals surface area contributed by atoms with Crippen molar-refractivity contribution in [2.45, 2.75) is 50.1 Å². The first-order valence-corrected chi connectivity index (χ1v) is 8.53. The molecule has 1 aliphatic carbocycles. The zero-order valence-electron chi connectivity index (χ0n) is 14.4. The molecule has 0 bridgehead atoms. The molecule has 2 aliphatic heterocycles. The lowest BCUT2D eigenvalue weighted by Gasteiger charge is -2.35. The molecule has 3 rings (SSSR count). The third-order valence-corrected chi connectivity index (χ3v) is 5.75. The van der Waals surface area contributed by atoms with Crippen molar-refractivity contribution in [2.75, 3.05) is 33.7 Å². The number of carbonyl (C=O) groups is 3. The van der Waals surface area contributed by atoms with Crippen molar-refractivity contribution in [2.24, 2.45) is 0 Å². The molecule has 0 aromatic rings. The van der Waals surface area contributed by atoms with E-state index >= 15 is 0 Å². The van der Waals surface area contributed by atoms with Gasteiger partial charge in [0.25, 0.3) is 5.91 Å². The van der Waals surface area contributed by atoms with Crippen molar-refractivity contribution >= 4 is 30.3 Å². The van der Waals surface area contributed by atoms with Crippen LogP contribution in [0.5, 0.6) is 0 Å². The Labute approximate surface area is 149 Å². The molecular formula is C16H27ClN4O3. The minimum absolute atomic E-state index is 0. The topological polar surface area (TPSA) is 73.0 Å². The van der Waals surface area contributed by atoms with Crippen molar-refractivity contribution in [1.82, 2.24) is 20.0 Å². The predicted octanol–water partition coefficient (Wildman–Crippen LogP) is 0.825. The maximum absolute atomic E-state index is 12.9. The average molecular weight is 359 g/mol. The Morgan fingerprint density at radius 3 is 2.54 bits per heavy atom. The van der Waals surface area contributed by atoms with Crippen LogP contribution in [0.25, 0.3) is 0 Å². The Balaban J connectivity index is 0.00000208. The van der Waals surface area contributed by atoms with Crippen LogP contribution in [0.3, 0.4) is 0 Å². The molecule has 24 heavy (non-hydrogen) atoms. The highest BCUT2D eigenvalue weighted by Gasteiger charge is 2.56. The Hall–Kier alpha value is -1.34. The number of rotatable bonds is 3. The van der Waals surface area contributed by atoms with E-state index in [0.29, 0.717) is 12.8 Å². The van der Waals surface area contributed by atoms with Crippen LogP contribution in [0.1, 0.15) is 38.5 Å². The van der Waals surface area contributed by atoms with E-state index in [2.05, 4.69) is 5.32 Å². The molecule has 7 nitrogen and oxygen atoms in total. The van der Waals surface area contributed by atoms with E-state index in [-0.39, 0.29) is 42.8 Å². The molecule has 8 heteroatoms. The molecule has 2 heterocycles. The summed E-state index contributed by atoms with van der Waals surface area (Å²) in [6.45, 7) is 1.53. The molecule has 1 spiro atoms. The summed E-state index contributed by atoms with van der Waals surface area (Å²) in [5.41, 5.74) is -0.705. The van der Waals surface area contributed by atoms with Crippen LogP contribution in [0.15, 0.2) is 0 Å². The van der Waals surface area contributed by atoms with Gasteiger partial charge in [0.2, 0.25) is 5.91 Å². The number of nitrogens with zero attached hydrogens (tertiary/aromatic N) is 3. The number of amides is 4. The normalized spacial score (nSPS) is 26.0. The van der Waals surface area contributed by atoms with Gasteiger partial charge in [0.15, 0.2) is 0 Å². The third kappa shape index (κ3) is 2.99. The molecule has 0 aromatic carbocycles. The average Bonchev–Trinajstić information content (AvgIpc) is 3.16. The summed E-state index contributed by atoms with van der Waals surface area (Å²) in [7, 11) is 3.45. The van der Waals surface area contributed by atoms with Crippen LogP contribution >= 0.6 is 12.4 Å². The highest BCUT2D eigenvalue weighted by atomic mass is 35.5. The Bertz CT molecular complexity index is 515. The van der Waals surface area contributed by atoms with Crippen LogP contribution in [-0.4, -0.2) is 77.9 Å². The number of urea groups is 1. The number of halogens is 1. The van der Waals surface area contributed by atoms with Gasteiger partial charge in [-0.3, -0.25) is 14.5 Å². The number of hydrogen-bond acceptors (Lipinski definition) is 4. The molecule has 3 aliphatic rings. The van der Waals surface area contributed by atoms with Crippen molar-refractivity contribution in [1.29, 1.82) is 0 Å². The summed E-state index contributed by atoms with van der Waals surface area (Å²) in [6.07, 6.45) is 5.35. The third-order valence-electron chi connectivity index (χ3n) is 5.75. The SMILES string of the molecule is CN(C(=O)CN1C(=O)N(C)C2(CCCCC2)C1=O)C1CCNC1.Cl. The van der Waals surface area contributed by atoms with Gasteiger partial charge < -0.3 is 15.1 Å². The summed E-state index contributed by atoms with van der Waals surface area (Å²) < 4.78 is 0. The van der Waals surface area contributed by atoms with E-state index in [1.807, 2.05) is 0 Å². The quantitative estimate of drug-likeness (QED) is 0.758. The van der Waals surface area contributed by atoms with Gasteiger partial charge in [0.1, 0.15) is 12.1 Å². The van der Waals surface area contributed by atoms with E-state index < -0.39 is 5.54 Å². The zero-order valence-corrected chi connectivity index (χ0v) is 15.2. The Morgan fingerprint density at radius 1 is 1.29 bits per heavy atom. The monoisotopic (exact) mass is 358 g/mol. The lowest BCUT2D eigenvalue weighted by Crippen LogP contribution is -2.50. The van der Waals surface area contributed by atoms with Gasteiger partial charge in [-0.15, -0.1) is 12.4 Å². The van der Waals surface area contributed by atoms with E-state index in [4.69, 9.17) is 0 Å². The smallest absolute Gasteiger partial charge is 0.327 e. The van der Waals surface area contributed by atoms with Crippen LogP contribution in [0.4, 0.5) is 4.79 Å². The van der Waals surface area contributed by atoms with Gasteiger partial charge in [-0.25, -0.2) is 4.79 Å². The van der Waals surface area contributed by atoms with Gasteiger partial charge >= 0.3 is 6.03 Å². The fourth-order valence-electron chi connectivity index (χ4n) is 4.09. The lowest BCUT2D eigenvalue weighted by atomic mass is 9.81. The number of carbonyl (C=O) groups excluding carboxylic acids is 3. The molecule has 1 N–H and O–H groups in total. The lowest BCUT2D eigenvalue weighted by molar-refractivity contribution is -0.140. The fourth-order valence-corrected chi connectivity index (χ4v) is 4.09. The van der Waals surface area contributed by atoms with Gasteiger partial charge in [0.05, 0.1) is 0 Å². The summed E-state index contributed by atoms with van der Waals surface area (Å²) >= 11 is 0. The van der Waals surface area contributed by atoms with Crippen molar-refractivity contribution in [3.63, 3.8) is 0 Å². The number of likely N-dealkylation sites (N-methyl/N-ethyl adjacent to an activating group) is 2. The molecular weight excluding hydrogens is 332 g/mol. The first kappa shape index (κ1) is 19.0. The Kier molecular flexibility index (Phi) is 5.75. The molecule has 2 saturated heterocycles. The Morgan fingerprint density at radius 2 is 1.96 bits per heavy atom. The van der Waals surface area contributed by atoms with Gasteiger partial charge in [-0.1, -0.05) is 19.3 Å².